The number of hydrogen-bond acceptors (Lipinski definition) is 6. The lowest BCUT2D eigenvalue weighted by molar-refractivity contribution is 0.135. The molecule has 3 heterocycles. The van der Waals surface area contributed by atoms with Crippen molar-refractivity contribution in [2.45, 2.75) is 39.2 Å². The molecular formula is C27H35ClN6O3. The van der Waals surface area contributed by atoms with E-state index < -0.39 is 6.09 Å². The van der Waals surface area contributed by atoms with Gasteiger partial charge in [-0.25, -0.2) is 14.6 Å². The van der Waals surface area contributed by atoms with Crippen LogP contribution in [0.25, 0.3) is 21.9 Å². The van der Waals surface area contributed by atoms with Gasteiger partial charge < -0.3 is 20.3 Å². The number of carbonyl (C=O) groups excluding carboxylic acids is 2. The summed E-state index contributed by atoms with van der Waals surface area (Å²) in [6.45, 7) is 6.34. The number of nitrogens with one attached hydrogen (secondary N) is 3. The standard InChI is InChI=1S/C27H34N6O3.ClH/c1-2-29-26(34)32-25-17-23-22(20-9-11-28-12-10-20)8-7-21(24(23)19-30-25)18-31-27(35)36-16-6-15-33-13-4-3-5-14-33;/h7-12,17,19H,2-6,13-16,18H2,1H3,(H,31,35)(H2,29,30,32,34);1H. The quantitative estimate of drug-likeness (QED) is 0.340. The Morgan fingerprint density at radius 2 is 1.81 bits per heavy atom. The van der Waals surface area contributed by atoms with E-state index in [1.54, 1.807) is 18.6 Å². The van der Waals surface area contributed by atoms with E-state index in [0.29, 0.717) is 25.5 Å². The number of rotatable bonds is 9. The Labute approximate surface area is 223 Å². The smallest absolute Gasteiger partial charge is 0.407 e. The molecular weight excluding hydrogens is 492 g/mol. The SMILES string of the molecule is CCNC(=O)Nc1cc2c(-c3ccncc3)ccc(CNC(=O)OCCCN3CCCCC3)c2cn1.Cl. The third kappa shape index (κ3) is 8.03. The minimum atomic E-state index is -0.428. The number of likely N-dealkylation sites (tertiary alicyclic amines) is 1. The van der Waals surface area contributed by atoms with Crippen LogP contribution >= 0.6 is 12.4 Å². The van der Waals surface area contributed by atoms with Gasteiger partial charge in [0.2, 0.25) is 0 Å². The average molecular weight is 527 g/mol. The summed E-state index contributed by atoms with van der Waals surface area (Å²) in [5.41, 5.74) is 2.89. The summed E-state index contributed by atoms with van der Waals surface area (Å²) in [6.07, 6.45) is 9.45. The predicted molar refractivity (Wildman–Crippen MR) is 148 cm³/mol. The summed E-state index contributed by atoms with van der Waals surface area (Å²) >= 11 is 0. The summed E-state index contributed by atoms with van der Waals surface area (Å²) in [4.78, 5) is 35.3. The maximum absolute atomic E-state index is 12.3. The van der Waals surface area contributed by atoms with E-state index in [9.17, 15) is 9.59 Å². The number of fused-ring (bicyclic) bond motifs is 1. The number of alkyl carbamates (subject to hydrolysis) is 1. The zero-order valence-corrected chi connectivity index (χ0v) is 22.0. The van der Waals surface area contributed by atoms with E-state index in [2.05, 4.69) is 30.8 Å². The summed E-state index contributed by atoms with van der Waals surface area (Å²) in [6, 6.07) is 9.40. The third-order valence-corrected chi connectivity index (χ3v) is 6.29. The van der Waals surface area contributed by atoms with Gasteiger partial charge in [0.1, 0.15) is 5.82 Å². The van der Waals surface area contributed by atoms with E-state index in [0.717, 1.165) is 53.5 Å². The summed E-state index contributed by atoms with van der Waals surface area (Å²) in [5.74, 6) is 0.446. The largest absolute Gasteiger partial charge is 0.450 e. The van der Waals surface area contributed by atoms with Gasteiger partial charge in [-0.2, -0.15) is 0 Å². The van der Waals surface area contributed by atoms with Gasteiger partial charge in [-0.15, -0.1) is 12.4 Å². The van der Waals surface area contributed by atoms with Crippen molar-refractivity contribution in [3.63, 3.8) is 0 Å². The number of pyridine rings is 2. The van der Waals surface area contributed by atoms with Crippen LogP contribution in [-0.4, -0.2) is 59.8 Å². The molecule has 0 atom stereocenters. The Hall–Kier alpha value is -3.43. The molecule has 1 saturated heterocycles. The Bertz CT molecular complexity index is 1170. The molecule has 198 valence electrons. The molecule has 37 heavy (non-hydrogen) atoms. The third-order valence-electron chi connectivity index (χ3n) is 6.29. The van der Waals surface area contributed by atoms with Gasteiger partial charge in [-0.3, -0.25) is 10.3 Å². The molecule has 0 aliphatic carbocycles. The number of benzene rings is 1. The van der Waals surface area contributed by atoms with E-state index in [4.69, 9.17) is 4.74 Å². The second-order valence-electron chi connectivity index (χ2n) is 8.85. The van der Waals surface area contributed by atoms with Crippen molar-refractivity contribution in [1.29, 1.82) is 0 Å². The fourth-order valence-corrected chi connectivity index (χ4v) is 4.48. The molecule has 3 aromatic rings. The fraction of sp³-hybridized carbons (Fsp3) is 0.407. The minimum absolute atomic E-state index is 0. The number of piperidine rings is 1. The van der Waals surface area contributed by atoms with E-state index >= 15 is 0 Å². The Kier molecular flexibility index (Phi) is 10.9. The molecule has 1 aliphatic heterocycles. The molecule has 0 bridgehead atoms. The maximum Gasteiger partial charge on any atom is 0.407 e. The van der Waals surface area contributed by atoms with Crippen LogP contribution in [0, 0.1) is 0 Å². The Balaban J connectivity index is 0.00000380. The van der Waals surface area contributed by atoms with Crippen molar-refractivity contribution < 1.29 is 14.3 Å². The van der Waals surface area contributed by atoms with Gasteiger partial charge in [0.25, 0.3) is 0 Å². The van der Waals surface area contributed by atoms with Gasteiger partial charge in [0.05, 0.1) is 6.61 Å². The minimum Gasteiger partial charge on any atom is -0.450 e. The second-order valence-corrected chi connectivity index (χ2v) is 8.85. The highest BCUT2D eigenvalue weighted by Crippen LogP contribution is 2.31. The Morgan fingerprint density at radius 1 is 1.03 bits per heavy atom. The molecule has 1 fully saturated rings. The highest BCUT2D eigenvalue weighted by atomic mass is 35.5. The van der Waals surface area contributed by atoms with Crippen LogP contribution in [0.5, 0.6) is 0 Å². The number of ether oxygens (including phenoxy) is 1. The zero-order chi connectivity index (χ0) is 25.2. The predicted octanol–water partition coefficient (Wildman–Crippen LogP) is 4.96. The van der Waals surface area contributed by atoms with Crippen LogP contribution in [0.15, 0.2) is 48.9 Å². The van der Waals surface area contributed by atoms with Gasteiger partial charge in [-0.05, 0) is 79.6 Å². The average Bonchev–Trinajstić information content (AvgIpc) is 2.91. The number of aromatic nitrogens is 2. The summed E-state index contributed by atoms with van der Waals surface area (Å²) < 4.78 is 5.39. The molecule has 2 aromatic heterocycles. The number of hydrogen-bond donors (Lipinski definition) is 3. The van der Waals surface area contributed by atoms with Crippen molar-refractivity contribution >= 4 is 41.1 Å². The van der Waals surface area contributed by atoms with Gasteiger partial charge in [0.15, 0.2) is 0 Å². The molecule has 4 rings (SSSR count). The Morgan fingerprint density at radius 3 is 2.57 bits per heavy atom. The number of nitrogens with zero attached hydrogens (tertiary/aromatic N) is 3. The highest BCUT2D eigenvalue weighted by molar-refractivity contribution is 6.00. The van der Waals surface area contributed by atoms with Gasteiger partial charge >= 0.3 is 12.1 Å². The van der Waals surface area contributed by atoms with Crippen LogP contribution in [0.3, 0.4) is 0 Å². The molecule has 0 saturated carbocycles. The number of urea groups is 1. The first-order chi connectivity index (χ1) is 17.6. The number of carbonyl (C=O) groups is 2. The topological polar surface area (TPSA) is 108 Å². The van der Waals surface area contributed by atoms with Crippen molar-refractivity contribution in [3.8, 4) is 11.1 Å². The molecule has 0 radical (unpaired) electrons. The molecule has 3 amide bonds. The zero-order valence-electron chi connectivity index (χ0n) is 21.2. The van der Waals surface area contributed by atoms with Crippen molar-refractivity contribution in [3.05, 3.63) is 54.5 Å². The molecule has 0 unspecified atom stereocenters. The second kappa shape index (κ2) is 14.3. The molecule has 1 aromatic carbocycles. The molecule has 0 spiro atoms. The van der Waals surface area contributed by atoms with Crippen LogP contribution in [-0.2, 0) is 11.3 Å². The number of anilines is 1. The van der Waals surface area contributed by atoms with Crippen molar-refractivity contribution in [2.75, 3.05) is 38.1 Å². The molecule has 9 nitrogen and oxygen atoms in total. The molecule has 3 N–H and O–H groups in total. The van der Waals surface area contributed by atoms with E-state index in [1.807, 2.05) is 37.3 Å². The monoisotopic (exact) mass is 526 g/mol. The maximum atomic E-state index is 12.3. The lowest BCUT2D eigenvalue weighted by Gasteiger charge is -2.26. The first kappa shape index (κ1) is 28.1. The molecule has 10 heteroatoms. The number of halogens is 1. The summed E-state index contributed by atoms with van der Waals surface area (Å²) in [7, 11) is 0. The number of amides is 3. The fourth-order valence-electron chi connectivity index (χ4n) is 4.48. The van der Waals surface area contributed by atoms with Gasteiger partial charge in [0, 0.05) is 43.6 Å². The van der Waals surface area contributed by atoms with Crippen molar-refractivity contribution in [2.24, 2.45) is 0 Å². The first-order valence-electron chi connectivity index (χ1n) is 12.6. The van der Waals surface area contributed by atoms with Crippen LogP contribution < -0.4 is 16.0 Å². The van der Waals surface area contributed by atoms with Crippen molar-refractivity contribution in [1.82, 2.24) is 25.5 Å². The highest BCUT2D eigenvalue weighted by Gasteiger charge is 2.13. The van der Waals surface area contributed by atoms with Crippen LogP contribution in [0.4, 0.5) is 15.4 Å². The van der Waals surface area contributed by atoms with Crippen LogP contribution in [0.1, 0.15) is 38.2 Å². The lowest BCUT2D eigenvalue weighted by Crippen LogP contribution is -2.31. The normalized spacial score (nSPS) is 13.4. The van der Waals surface area contributed by atoms with E-state index in [-0.39, 0.29) is 18.4 Å². The van der Waals surface area contributed by atoms with Gasteiger partial charge in [-0.1, -0.05) is 18.6 Å². The summed E-state index contributed by atoms with van der Waals surface area (Å²) in [5, 5.41) is 10.1. The molecule has 1 aliphatic rings. The first-order valence-corrected chi connectivity index (χ1v) is 12.6. The lowest BCUT2D eigenvalue weighted by atomic mass is 9.96. The van der Waals surface area contributed by atoms with Crippen LogP contribution in [0.2, 0.25) is 0 Å². The van der Waals surface area contributed by atoms with E-state index in [1.165, 1.54) is 19.3 Å².